The van der Waals surface area contributed by atoms with Crippen molar-refractivity contribution in [2.24, 2.45) is 10.2 Å². The summed E-state index contributed by atoms with van der Waals surface area (Å²) in [5.41, 5.74) is 1.53. The number of hydrogen-bond donors (Lipinski definition) is 0. The number of azo groups is 1. The van der Waals surface area contributed by atoms with Crippen LogP contribution in [-0.2, 0) is 9.53 Å². The van der Waals surface area contributed by atoms with E-state index >= 15 is 0 Å². The fraction of sp³-hybridized carbons (Fsp3) is 0.318. The largest absolute Gasteiger partial charge is 0.497 e. The molecule has 6 heteroatoms. The molecule has 0 aliphatic rings. The molecule has 0 saturated heterocycles. The lowest BCUT2D eigenvalue weighted by Crippen LogP contribution is -2.02. The first-order valence-corrected chi connectivity index (χ1v) is 9.29. The number of ether oxygens (including phenoxy) is 3. The third kappa shape index (κ3) is 8.03. The second kappa shape index (κ2) is 12.3. The molecule has 0 amide bonds. The number of carbonyl (C=O) groups is 1. The number of carbonyl (C=O) groups excluding carboxylic acids is 1. The van der Waals surface area contributed by atoms with Crippen molar-refractivity contribution in [3.05, 3.63) is 61.2 Å². The molecule has 0 N–H and O–H groups in total. The van der Waals surface area contributed by atoms with Crippen LogP contribution in [0.5, 0.6) is 11.5 Å². The molecular formula is C22H26N2O4. The van der Waals surface area contributed by atoms with Gasteiger partial charge in [-0.3, -0.25) is 0 Å². The van der Waals surface area contributed by atoms with E-state index in [1.807, 2.05) is 48.5 Å². The number of benzene rings is 2. The van der Waals surface area contributed by atoms with Crippen LogP contribution in [0.15, 0.2) is 71.4 Å². The molecule has 0 radical (unpaired) electrons. The maximum Gasteiger partial charge on any atom is 0.330 e. The minimum Gasteiger partial charge on any atom is -0.497 e. The molecule has 2 rings (SSSR count). The molecule has 0 atom stereocenters. The Kier molecular flexibility index (Phi) is 9.27. The van der Waals surface area contributed by atoms with Gasteiger partial charge in [-0.15, -0.1) is 0 Å². The van der Waals surface area contributed by atoms with Gasteiger partial charge >= 0.3 is 5.97 Å². The summed E-state index contributed by atoms with van der Waals surface area (Å²) in [5.74, 6) is 1.23. The van der Waals surface area contributed by atoms with Gasteiger partial charge in [0.1, 0.15) is 11.5 Å². The number of hydrogen-bond acceptors (Lipinski definition) is 6. The minimum absolute atomic E-state index is 0.365. The topological polar surface area (TPSA) is 69.5 Å². The predicted molar refractivity (Wildman–Crippen MR) is 109 cm³/mol. The lowest BCUT2D eigenvalue weighted by Gasteiger charge is -2.06. The van der Waals surface area contributed by atoms with Crippen molar-refractivity contribution in [1.82, 2.24) is 0 Å². The van der Waals surface area contributed by atoms with Gasteiger partial charge in [0, 0.05) is 6.08 Å². The second-order valence-corrected chi connectivity index (χ2v) is 6.03. The SMILES string of the molecule is C=CC(=O)OCCCCCCOc1ccc(N=Nc2ccc(OC)cc2)cc1. The lowest BCUT2D eigenvalue weighted by atomic mass is 10.2. The van der Waals surface area contributed by atoms with Gasteiger partial charge in [0.2, 0.25) is 0 Å². The zero-order valence-electron chi connectivity index (χ0n) is 16.2. The Labute approximate surface area is 165 Å². The van der Waals surface area contributed by atoms with E-state index in [1.54, 1.807) is 7.11 Å². The first-order valence-electron chi connectivity index (χ1n) is 9.29. The van der Waals surface area contributed by atoms with Crippen LogP contribution < -0.4 is 9.47 Å². The van der Waals surface area contributed by atoms with Crippen molar-refractivity contribution in [3.63, 3.8) is 0 Å². The van der Waals surface area contributed by atoms with Gasteiger partial charge in [-0.05, 0) is 74.2 Å². The maximum atomic E-state index is 10.9. The molecule has 148 valence electrons. The minimum atomic E-state index is -0.365. The summed E-state index contributed by atoms with van der Waals surface area (Å²) < 4.78 is 15.8. The Balaban J connectivity index is 1.63. The highest BCUT2D eigenvalue weighted by molar-refractivity contribution is 5.81. The summed E-state index contributed by atoms with van der Waals surface area (Å²) in [6, 6.07) is 14.9. The highest BCUT2D eigenvalue weighted by Gasteiger charge is 1.98. The Hall–Kier alpha value is -3.15. The van der Waals surface area contributed by atoms with E-state index in [0.29, 0.717) is 13.2 Å². The third-order valence-electron chi connectivity index (χ3n) is 3.91. The van der Waals surface area contributed by atoms with Crippen molar-refractivity contribution in [2.45, 2.75) is 25.7 Å². The molecule has 6 nitrogen and oxygen atoms in total. The Morgan fingerprint density at radius 2 is 1.39 bits per heavy atom. The van der Waals surface area contributed by atoms with Crippen LogP contribution in [0.2, 0.25) is 0 Å². The Bertz CT molecular complexity index is 755. The van der Waals surface area contributed by atoms with Crippen LogP contribution in [0.25, 0.3) is 0 Å². The van der Waals surface area contributed by atoms with Crippen molar-refractivity contribution < 1.29 is 19.0 Å². The quantitative estimate of drug-likeness (QED) is 0.202. The summed E-state index contributed by atoms with van der Waals surface area (Å²) in [7, 11) is 1.63. The van der Waals surface area contributed by atoms with Crippen LogP contribution >= 0.6 is 0 Å². The molecule has 0 spiro atoms. The normalized spacial score (nSPS) is 10.6. The summed E-state index contributed by atoms with van der Waals surface area (Å²) >= 11 is 0. The summed E-state index contributed by atoms with van der Waals surface area (Å²) in [6.45, 7) is 4.45. The zero-order chi connectivity index (χ0) is 20.0. The van der Waals surface area contributed by atoms with E-state index in [9.17, 15) is 4.79 Å². The fourth-order valence-electron chi connectivity index (χ4n) is 2.35. The van der Waals surface area contributed by atoms with Crippen molar-refractivity contribution in [3.8, 4) is 11.5 Å². The van der Waals surface area contributed by atoms with Crippen molar-refractivity contribution >= 4 is 17.3 Å². The van der Waals surface area contributed by atoms with Crippen LogP contribution in [0.4, 0.5) is 11.4 Å². The molecule has 0 aromatic heterocycles. The number of nitrogens with zero attached hydrogens (tertiary/aromatic N) is 2. The highest BCUT2D eigenvalue weighted by atomic mass is 16.5. The molecule has 0 bridgehead atoms. The van der Waals surface area contributed by atoms with Gasteiger partial charge in [0.05, 0.1) is 31.7 Å². The van der Waals surface area contributed by atoms with Crippen LogP contribution in [0, 0.1) is 0 Å². The first kappa shape index (κ1) is 21.2. The van der Waals surface area contributed by atoms with E-state index in [1.165, 1.54) is 6.08 Å². The zero-order valence-corrected chi connectivity index (χ0v) is 16.2. The van der Waals surface area contributed by atoms with Crippen molar-refractivity contribution in [1.29, 1.82) is 0 Å². The first-order chi connectivity index (χ1) is 13.7. The van der Waals surface area contributed by atoms with Crippen LogP contribution in [0.1, 0.15) is 25.7 Å². The molecule has 2 aromatic rings. The predicted octanol–water partition coefficient (Wildman–Crippen LogP) is 5.78. The fourth-order valence-corrected chi connectivity index (χ4v) is 2.35. The third-order valence-corrected chi connectivity index (χ3v) is 3.91. The molecule has 0 unspecified atom stereocenters. The Morgan fingerprint density at radius 1 is 0.857 bits per heavy atom. The van der Waals surface area contributed by atoms with Gasteiger partial charge < -0.3 is 14.2 Å². The molecule has 0 aliphatic heterocycles. The molecule has 28 heavy (non-hydrogen) atoms. The lowest BCUT2D eigenvalue weighted by molar-refractivity contribution is -0.137. The number of methoxy groups -OCH3 is 1. The van der Waals surface area contributed by atoms with Crippen LogP contribution in [-0.4, -0.2) is 26.3 Å². The van der Waals surface area contributed by atoms with Crippen LogP contribution in [0.3, 0.4) is 0 Å². The van der Waals surface area contributed by atoms with Gasteiger partial charge in [-0.25, -0.2) is 4.79 Å². The number of unbranched alkanes of at least 4 members (excludes halogenated alkanes) is 3. The Morgan fingerprint density at radius 3 is 1.93 bits per heavy atom. The molecule has 0 aliphatic carbocycles. The van der Waals surface area contributed by atoms with E-state index in [4.69, 9.17) is 14.2 Å². The average molecular weight is 382 g/mol. The average Bonchev–Trinajstić information content (AvgIpc) is 2.75. The molecular weight excluding hydrogens is 356 g/mol. The van der Waals surface area contributed by atoms with Gasteiger partial charge in [-0.1, -0.05) is 6.58 Å². The molecule has 0 heterocycles. The van der Waals surface area contributed by atoms with Gasteiger partial charge in [0.15, 0.2) is 0 Å². The molecule has 2 aromatic carbocycles. The summed E-state index contributed by atoms with van der Waals surface area (Å²) in [5, 5.41) is 8.42. The number of rotatable bonds is 12. The van der Waals surface area contributed by atoms with E-state index < -0.39 is 0 Å². The molecule has 0 saturated carbocycles. The van der Waals surface area contributed by atoms with Crippen molar-refractivity contribution in [2.75, 3.05) is 20.3 Å². The monoisotopic (exact) mass is 382 g/mol. The van der Waals surface area contributed by atoms with E-state index in [2.05, 4.69) is 16.8 Å². The van der Waals surface area contributed by atoms with E-state index in [-0.39, 0.29) is 5.97 Å². The standard InChI is InChI=1S/C22H26N2O4/c1-3-22(25)28-17-7-5-4-6-16-27-21-14-10-19(11-15-21)24-23-18-8-12-20(26-2)13-9-18/h3,8-15H,1,4-7,16-17H2,2H3. The highest BCUT2D eigenvalue weighted by Crippen LogP contribution is 2.23. The number of esters is 1. The molecule has 0 fully saturated rings. The van der Waals surface area contributed by atoms with Gasteiger partial charge in [0.25, 0.3) is 0 Å². The maximum absolute atomic E-state index is 10.9. The smallest absolute Gasteiger partial charge is 0.330 e. The second-order valence-electron chi connectivity index (χ2n) is 6.03. The van der Waals surface area contributed by atoms with E-state index in [0.717, 1.165) is 48.6 Å². The summed E-state index contributed by atoms with van der Waals surface area (Å²) in [4.78, 5) is 10.9. The summed E-state index contributed by atoms with van der Waals surface area (Å²) in [6.07, 6.45) is 5.01. The van der Waals surface area contributed by atoms with Gasteiger partial charge in [-0.2, -0.15) is 10.2 Å².